The van der Waals surface area contributed by atoms with Gasteiger partial charge in [0.15, 0.2) is 0 Å². The summed E-state index contributed by atoms with van der Waals surface area (Å²) in [5, 5.41) is 4.40. The lowest BCUT2D eigenvalue weighted by molar-refractivity contribution is 0.0734. The molecule has 140 valence electrons. The number of amides is 1. The van der Waals surface area contributed by atoms with Gasteiger partial charge in [0.05, 0.1) is 17.3 Å². The Morgan fingerprint density at radius 3 is 2.46 bits per heavy atom. The molecule has 0 aromatic heterocycles. The Morgan fingerprint density at radius 2 is 1.75 bits per heavy atom. The molecule has 3 aromatic rings. The van der Waals surface area contributed by atoms with Crippen LogP contribution in [0, 0.1) is 0 Å². The molecule has 5 nitrogen and oxygen atoms in total. The highest BCUT2D eigenvalue weighted by Crippen LogP contribution is 2.17. The molecule has 1 amide bonds. The van der Waals surface area contributed by atoms with Crippen LogP contribution >= 0.6 is 27.5 Å². The Hall–Kier alpha value is -2.96. The highest BCUT2D eigenvalue weighted by molar-refractivity contribution is 9.10. The van der Waals surface area contributed by atoms with Crippen LogP contribution in [0.15, 0.2) is 82.4 Å². The van der Waals surface area contributed by atoms with E-state index in [0.29, 0.717) is 26.4 Å². The van der Waals surface area contributed by atoms with Crippen LogP contribution in [-0.4, -0.2) is 18.1 Å². The number of ether oxygens (including phenoxy) is 1. The summed E-state index contributed by atoms with van der Waals surface area (Å²) in [5.41, 5.74) is 4.05. The second kappa shape index (κ2) is 9.30. The molecule has 0 saturated heterocycles. The third kappa shape index (κ3) is 5.28. The molecule has 3 rings (SSSR count). The number of nitrogens with zero attached hydrogens (tertiary/aromatic N) is 1. The third-order valence-electron chi connectivity index (χ3n) is 3.65. The van der Waals surface area contributed by atoms with Crippen molar-refractivity contribution < 1.29 is 14.3 Å². The molecular weight excluding hydrogens is 444 g/mol. The van der Waals surface area contributed by atoms with Gasteiger partial charge < -0.3 is 4.74 Å². The van der Waals surface area contributed by atoms with Crippen LogP contribution < -0.4 is 10.2 Å². The summed E-state index contributed by atoms with van der Waals surface area (Å²) < 4.78 is 6.00. The van der Waals surface area contributed by atoms with E-state index < -0.39 is 5.97 Å². The first-order chi connectivity index (χ1) is 13.5. The highest BCUT2D eigenvalue weighted by atomic mass is 79.9. The van der Waals surface area contributed by atoms with Gasteiger partial charge in [0, 0.05) is 9.50 Å². The van der Waals surface area contributed by atoms with Gasteiger partial charge in [-0.1, -0.05) is 29.8 Å². The lowest BCUT2D eigenvalue weighted by atomic mass is 10.2. The van der Waals surface area contributed by atoms with Crippen LogP contribution in [0.25, 0.3) is 0 Å². The molecule has 0 fully saturated rings. The van der Waals surface area contributed by atoms with Gasteiger partial charge >= 0.3 is 5.97 Å². The van der Waals surface area contributed by atoms with Gasteiger partial charge in [0.2, 0.25) is 0 Å². The zero-order chi connectivity index (χ0) is 19.9. The predicted molar refractivity (Wildman–Crippen MR) is 112 cm³/mol. The van der Waals surface area contributed by atoms with Gasteiger partial charge in [0.25, 0.3) is 5.91 Å². The number of nitrogens with one attached hydrogen (secondary N) is 1. The van der Waals surface area contributed by atoms with Crippen LogP contribution in [0.3, 0.4) is 0 Å². The zero-order valence-corrected chi connectivity index (χ0v) is 16.8. The molecule has 28 heavy (non-hydrogen) atoms. The minimum Gasteiger partial charge on any atom is -0.423 e. The Bertz CT molecular complexity index is 1040. The Morgan fingerprint density at radius 1 is 1.00 bits per heavy atom. The molecule has 0 aliphatic heterocycles. The summed E-state index contributed by atoms with van der Waals surface area (Å²) in [4.78, 5) is 24.2. The Kier molecular flexibility index (Phi) is 6.57. The molecule has 0 heterocycles. The lowest BCUT2D eigenvalue weighted by Crippen LogP contribution is -2.18. The summed E-state index contributed by atoms with van der Waals surface area (Å²) in [6, 6.07) is 20.3. The summed E-state index contributed by atoms with van der Waals surface area (Å²) in [7, 11) is 0. The van der Waals surface area contributed by atoms with E-state index in [-0.39, 0.29) is 5.91 Å². The molecule has 0 aliphatic rings. The lowest BCUT2D eigenvalue weighted by Gasteiger charge is -2.05. The maximum atomic E-state index is 12.1. The fraction of sp³-hybridized carbons (Fsp3) is 0. The SMILES string of the molecule is O=C(Oc1ccc(/C=N/NC(=O)c2ccccc2Br)cc1)c1cccc(Cl)c1. The molecule has 0 saturated carbocycles. The fourth-order valence-electron chi connectivity index (χ4n) is 2.27. The molecule has 7 heteroatoms. The first-order valence-electron chi connectivity index (χ1n) is 8.19. The molecule has 0 atom stereocenters. The number of hydrogen-bond acceptors (Lipinski definition) is 4. The summed E-state index contributed by atoms with van der Waals surface area (Å²) in [6.07, 6.45) is 1.50. The number of carbonyl (C=O) groups is 2. The number of benzene rings is 3. The van der Waals surface area contributed by atoms with Gasteiger partial charge in [-0.2, -0.15) is 5.10 Å². The summed E-state index contributed by atoms with van der Waals surface area (Å²) in [5.74, 6) is -0.431. The van der Waals surface area contributed by atoms with Crippen LogP contribution in [0.2, 0.25) is 5.02 Å². The van der Waals surface area contributed by atoms with Crippen molar-refractivity contribution in [2.24, 2.45) is 5.10 Å². The maximum absolute atomic E-state index is 12.1. The quantitative estimate of drug-likeness (QED) is 0.251. The standard InChI is InChI=1S/C21H14BrClN2O3/c22-19-7-2-1-6-18(19)20(26)25-24-13-14-8-10-17(11-9-14)28-21(27)15-4-3-5-16(23)12-15/h1-13H,(H,25,26)/b24-13+. The normalized spacial score (nSPS) is 10.6. The Labute approximate surface area is 175 Å². The second-order valence-corrected chi connectivity index (χ2v) is 6.94. The molecule has 3 aromatic carbocycles. The monoisotopic (exact) mass is 456 g/mol. The van der Waals surface area contributed by atoms with Gasteiger partial charge in [0.1, 0.15) is 5.75 Å². The number of esters is 1. The van der Waals surface area contributed by atoms with Crippen molar-refractivity contribution in [1.29, 1.82) is 0 Å². The fourth-order valence-corrected chi connectivity index (χ4v) is 2.93. The average Bonchev–Trinajstić information content (AvgIpc) is 2.69. The van der Waals surface area contributed by atoms with Crippen LogP contribution in [0.4, 0.5) is 0 Å². The third-order valence-corrected chi connectivity index (χ3v) is 4.58. The minimum absolute atomic E-state index is 0.323. The average molecular weight is 458 g/mol. The molecule has 0 radical (unpaired) electrons. The molecule has 0 unspecified atom stereocenters. The second-order valence-electron chi connectivity index (χ2n) is 5.65. The van der Waals surface area contributed by atoms with E-state index in [1.807, 2.05) is 6.07 Å². The molecule has 0 bridgehead atoms. The smallest absolute Gasteiger partial charge is 0.343 e. The van der Waals surface area contributed by atoms with Crippen molar-refractivity contribution in [3.8, 4) is 5.75 Å². The van der Waals surface area contributed by atoms with Gasteiger partial charge in [-0.05, 0) is 76.1 Å². The van der Waals surface area contributed by atoms with Crippen molar-refractivity contribution in [2.45, 2.75) is 0 Å². The van der Waals surface area contributed by atoms with Crippen LogP contribution in [0.5, 0.6) is 5.75 Å². The first kappa shape index (κ1) is 19.8. The number of hydrazone groups is 1. The van der Waals surface area contributed by atoms with Crippen molar-refractivity contribution in [2.75, 3.05) is 0 Å². The van der Waals surface area contributed by atoms with Gasteiger partial charge in [-0.25, -0.2) is 10.2 Å². The summed E-state index contributed by atoms with van der Waals surface area (Å²) in [6.45, 7) is 0. The number of carbonyl (C=O) groups excluding carboxylic acids is 2. The largest absolute Gasteiger partial charge is 0.423 e. The maximum Gasteiger partial charge on any atom is 0.343 e. The van der Waals surface area contributed by atoms with Gasteiger partial charge in [-0.3, -0.25) is 4.79 Å². The van der Waals surface area contributed by atoms with E-state index in [2.05, 4.69) is 26.5 Å². The van der Waals surface area contributed by atoms with Crippen LogP contribution in [-0.2, 0) is 0 Å². The highest BCUT2D eigenvalue weighted by Gasteiger charge is 2.09. The van der Waals surface area contributed by atoms with Crippen molar-refractivity contribution in [3.05, 3.63) is 99.0 Å². The molecular formula is C21H14BrClN2O3. The van der Waals surface area contributed by atoms with E-state index in [4.69, 9.17) is 16.3 Å². The molecule has 1 N–H and O–H groups in total. The topological polar surface area (TPSA) is 67.8 Å². The summed E-state index contributed by atoms with van der Waals surface area (Å²) >= 11 is 9.20. The van der Waals surface area contributed by atoms with Crippen molar-refractivity contribution in [1.82, 2.24) is 5.43 Å². The van der Waals surface area contributed by atoms with Crippen molar-refractivity contribution in [3.63, 3.8) is 0 Å². The number of hydrogen-bond donors (Lipinski definition) is 1. The molecule has 0 spiro atoms. The zero-order valence-electron chi connectivity index (χ0n) is 14.4. The Balaban J connectivity index is 1.58. The van der Waals surface area contributed by atoms with E-state index in [1.54, 1.807) is 66.7 Å². The predicted octanol–water partition coefficient (Wildman–Crippen LogP) is 5.09. The van der Waals surface area contributed by atoms with Crippen molar-refractivity contribution >= 4 is 45.6 Å². The van der Waals surface area contributed by atoms with Gasteiger partial charge in [-0.15, -0.1) is 0 Å². The number of rotatable bonds is 5. The first-order valence-corrected chi connectivity index (χ1v) is 9.36. The minimum atomic E-state index is -0.496. The van der Waals surface area contributed by atoms with E-state index >= 15 is 0 Å². The van der Waals surface area contributed by atoms with Crippen LogP contribution in [0.1, 0.15) is 26.3 Å². The number of halogens is 2. The van der Waals surface area contributed by atoms with E-state index in [9.17, 15) is 9.59 Å². The molecule has 0 aliphatic carbocycles. The van der Waals surface area contributed by atoms with E-state index in [0.717, 1.165) is 5.56 Å². The van der Waals surface area contributed by atoms with E-state index in [1.165, 1.54) is 6.21 Å².